The van der Waals surface area contributed by atoms with Crippen LogP contribution in [0.4, 0.5) is 4.79 Å². The Balaban J connectivity index is 2.30. The van der Waals surface area contributed by atoms with E-state index in [0.29, 0.717) is 19.6 Å². The molecule has 0 aliphatic carbocycles. The van der Waals surface area contributed by atoms with Gasteiger partial charge in [-0.05, 0) is 27.1 Å². The molecule has 2 amide bonds. The molecule has 0 aromatic rings. The summed E-state index contributed by atoms with van der Waals surface area (Å²) in [4.78, 5) is 27.3. The predicted molar refractivity (Wildman–Crippen MR) is 59.3 cm³/mol. The van der Waals surface area contributed by atoms with E-state index in [9.17, 15) is 9.59 Å². The number of carboxylic acids is 1. The maximum atomic E-state index is 11.7. The summed E-state index contributed by atoms with van der Waals surface area (Å²) in [5, 5.41) is 8.61. The third kappa shape index (κ3) is 3.69. The topological polar surface area (TPSA) is 64.1 Å². The standard InChI is InChI=1S/C10H19N3O3/c1-11(2)4-3-5-12-6-7-13(10(12)16)8-9(14)15/h3-8H2,1-2H3,(H,14,15). The molecule has 92 valence electrons. The summed E-state index contributed by atoms with van der Waals surface area (Å²) in [7, 11) is 3.98. The molecule has 0 aromatic carbocycles. The Morgan fingerprint density at radius 1 is 1.38 bits per heavy atom. The molecule has 16 heavy (non-hydrogen) atoms. The molecule has 1 aliphatic heterocycles. The van der Waals surface area contributed by atoms with E-state index in [-0.39, 0.29) is 12.6 Å². The van der Waals surface area contributed by atoms with E-state index in [2.05, 4.69) is 4.90 Å². The van der Waals surface area contributed by atoms with Crippen molar-refractivity contribution >= 4 is 12.0 Å². The summed E-state index contributed by atoms with van der Waals surface area (Å²) in [5.74, 6) is -0.955. The Hall–Kier alpha value is -1.30. The number of carboxylic acid groups (broad SMARTS) is 1. The largest absolute Gasteiger partial charge is 0.480 e. The zero-order valence-electron chi connectivity index (χ0n) is 9.85. The van der Waals surface area contributed by atoms with Crippen LogP contribution in [0.15, 0.2) is 0 Å². The first-order chi connectivity index (χ1) is 7.50. The molecule has 0 radical (unpaired) electrons. The average Bonchev–Trinajstić information content (AvgIpc) is 2.48. The van der Waals surface area contributed by atoms with Gasteiger partial charge in [0.1, 0.15) is 6.54 Å². The van der Waals surface area contributed by atoms with E-state index in [1.54, 1.807) is 4.90 Å². The minimum Gasteiger partial charge on any atom is -0.480 e. The van der Waals surface area contributed by atoms with Crippen molar-refractivity contribution in [3.05, 3.63) is 0 Å². The van der Waals surface area contributed by atoms with Gasteiger partial charge in [0.15, 0.2) is 0 Å². The van der Waals surface area contributed by atoms with Crippen LogP contribution in [0.25, 0.3) is 0 Å². The van der Waals surface area contributed by atoms with Crippen LogP contribution in [0.2, 0.25) is 0 Å². The SMILES string of the molecule is CN(C)CCCN1CCN(CC(=O)O)C1=O. The van der Waals surface area contributed by atoms with Crippen LogP contribution in [0.5, 0.6) is 0 Å². The summed E-state index contributed by atoms with van der Waals surface area (Å²) >= 11 is 0. The van der Waals surface area contributed by atoms with Gasteiger partial charge in [-0.3, -0.25) is 4.79 Å². The Bertz CT molecular complexity index is 268. The van der Waals surface area contributed by atoms with Crippen molar-refractivity contribution in [3.8, 4) is 0 Å². The Morgan fingerprint density at radius 2 is 2.00 bits per heavy atom. The van der Waals surface area contributed by atoms with Crippen LogP contribution >= 0.6 is 0 Å². The van der Waals surface area contributed by atoms with E-state index in [1.165, 1.54) is 4.90 Å². The lowest BCUT2D eigenvalue weighted by Crippen LogP contribution is -2.36. The second-order valence-corrected chi connectivity index (χ2v) is 4.24. The van der Waals surface area contributed by atoms with Gasteiger partial charge in [0.2, 0.25) is 0 Å². The van der Waals surface area contributed by atoms with Gasteiger partial charge in [-0.1, -0.05) is 0 Å². The smallest absolute Gasteiger partial charge is 0.323 e. The van der Waals surface area contributed by atoms with Gasteiger partial charge in [-0.2, -0.15) is 0 Å². The number of nitrogens with zero attached hydrogens (tertiary/aromatic N) is 3. The summed E-state index contributed by atoms with van der Waals surface area (Å²) in [6.45, 7) is 2.60. The van der Waals surface area contributed by atoms with Gasteiger partial charge in [-0.25, -0.2) is 4.79 Å². The Kier molecular flexibility index (Phi) is 4.54. The fraction of sp³-hybridized carbons (Fsp3) is 0.800. The summed E-state index contributed by atoms with van der Waals surface area (Å²) < 4.78 is 0. The van der Waals surface area contributed by atoms with Crippen molar-refractivity contribution in [1.82, 2.24) is 14.7 Å². The predicted octanol–water partition coefficient (Wildman–Crippen LogP) is -0.240. The van der Waals surface area contributed by atoms with Crippen LogP contribution in [0.1, 0.15) is 6.42 Å². The van der Waals surface area contributed by atoms with Gasteiger partial charge >= 0.3 is 12.0 Å². The first kappa shape index (κ1) is 12.8. The fourth-order valence-electron chi connectivity index (χ4n) is 1.73. The number of hydrogen-bond donors (Lipinski definition) is 1. The highest BCUT2D eigenvalue weighted by atomic mass is 16.4. The lowest BCUT2D eigenvalue weighted by Gasteiger charge is -2.18. The van der Waals surface area contributed by atoms with Gasteiger partial charge in [0.25, 0.3) is 0 Å². The molecule has 0 aromatic heterocycles. The summed E-state index contributed by atoms with van der Waals surface area (Å²) in [5.41, 5.74) is 0. The molecular formula is C10H19N3O3. The molecule has 1 heterocycles. The van der Waals surface area contributed by atoms with Gasteiger partial charge in [-0.15, -0.1) is 0 Å². The van der Waals surface area contributed by atoms with Crippen molar-refractivity contribution in [2.75, 3.05) is 46.8 Å². The molecule has 6 nitrogen and oxygen atoms in total. The van der Waals surface area contributed by atoms with Crippen LogP contribution in [0, 0.1) is 0 Å². The van der Waals surface area contributed by atoms with Crippen molar-refractivity contribution < 1.29 is 14.7 Å². The molecule has 1 aliphatic rings. The van der Waals surface area contributed by atoms with E-state index in [1.807, 2.05) is 14.1 Å². The van der Waals surface area contributed by atoms with E-state index >= 15 is 0 Å². The van der Waals surface area contributed by atoms with Crippen molar-refractivity contribution in [2.45, 2.75) is 6.42 Å². The quantitative estimate of drug-likeness (QED) is 0.683. The number of hydrogen-bond acceptors (Lipinski definition) is 3. The van der Waals surface area contributed by atoms with Gasteiger partial charge < -0.3 is 19.8 Å². The number of carbonyl (C=O) groups excluding carboxylic acids is 1. The number of aliphatic carboxylic acids is 1. The first-order valence-electron chi connectivity index (χ1n) is 5.41. The molecule has 0 unspecified atom stereocenters. The monoisotopic (exact) mass is 229 g/mol. The minimum atomic E-state index is -0.955. The maximum Gasteiger partial charge on any atom is 0.323 e. The van der Waals surface area contributed by atoms with E-state index in [4.69, 9.17) is 5.11 Å². The highest BCUT2D eigenvalue weighted by molar-refractivity contribution is 5.81. The third-order valence-corrected chi connectivity index (χ3v) is 2.54. The van der Waals surface area contributed by atoms with Crippen molar-refractivity contribution in [2.24, 2.45) is 0 Å². The van der Waals surface area contributed by atoms with Crippen molar-refractivity contribution in [1.29, 1.82) is 0 Å². The van der Waals surface area contributed by atoms with Crippen LogP contribution in [-0.2, 0) is 4.79 Å². The normalized spacial score (nSPS) is 16.3. The Labute approximate surface area is 95.4 Å². The zero-order valence-corrected chi connectivity index (χ0v) is 9.85. The molecule has 0 spiro atoms. The van der Waals surface area contributed by atoms with Crippen LogP contribution in [-0.4, -0.2) is 78.6 Å². The van der Waals surface area contributed by atoms with Gasteiger partial charge in [0.05, 0.1) is 0 Å². The molecule has 0 bridgehead atoms. The Morgan fingerprint density at radius 3 is 2.56 bits per heavy atom. The molecule has 1 N–H and O–H groups in total. The minimum absolute atomic E-state index is 0.152. The fourth-order valence-corrected chi connectivity index (χ4v) is 1.73. The van der Waals surface area contributed by atoms with Gasteiger partial charge in [0, 0.05) is 19.6 Å². The lowest BCUT2D eigenvalue weighted by atomic mass is 10.4. The average molecular weight is 229 g/mol. The lowest BCUT2D eigenvalue weighted by molar-refractivity contribution is -0.137. The maximum absolute atomic E-state index is 11.7. The molecular weight excluding hydrogens is 210 g/mol. The molecule has 0 saturated carbocycles. The second-order valence-electron chi connectivity index (χ2n) is 4.24. The molecule has 6 heteroatoms. The second kappa shape index (κ2) is 5.69. The zero-order chi connectivity index (χ0) is 12.1. The summed E-state index contributed by atoms with van der Waals surface area (Å²) in [6.07, 6.45) is 0.916. The van der Waals surface area contributed by atoms with E-state index < -0.39 is 5.97 Å². The number of amides is 2. The first-order valence-corrected chi connectivity index (χ1v) is 5.41. The highest BCUT2D eigenvalue weighted by Gasteiger charge is 2.28. The van der Waals surface area contributed by atoms with Crippen molar-refractivity contribution in [3.63, 3.8) is 0 Å². The van der Waals surface area contributed by atoms with E-state index in [0.717, 1.165) is 13.0 Å². The number of urea groups is 1. The molecule has 1 rings (SSSR count). The molecule has 1 fully saturated rings. The van der Waals surface area contributed by atoms with Crippen LogP contribution in [0.3, 0.4) is 0 Å². The number of rotatable bonds is 6. The third-order valence-electron chi connectivity index (χ3n) is 2.54. The highest BCUT2D eigenvalue weighted by Crippen LogP contribution is 2.08. The number of carbonyl (C=O) groups is 2. The summed E-state index contributed by atoms with van der Waals surface area (Å²) in [6, 6.07) is -0.152. The molecule has 0 atom stereocenters. The van der Waals surface area contributed by atoms with Crippen LogP contribution < -0.4 is 0 Å². The molecule has 1 saturated heterocycles.